The summed E-state index contributed by atoms with van der Waals surface area (Å²) in [6.07, 6.45) is 0. The van der Waals surface area contributed by atoms with E-state index in [-0.39, 0.29) is 18.1 Å². The minimum Gasteiger partial charge on any atom is -1.00 e. The van der Waals surface area contributed by atoms with Gasteiger partial charge in [-0.1, -0.05) is 19.1 Å². The minimum atomic E-state index is -1.51. The van der Waals surface area contributed by atoms with Gasteiger partial charge in [-0.2, -0.15) is 0 Å². The van der Waals surface area contributed by atoms with Crippen molar-refractivity contribution in [3.63, 3.8) is 0 Å². The number of hydrogen-bond donors (Lipinski definition) is 1. The summed E-state index contributed by atoms with van der Waals surface area (Å²) in [5, 5.41) is 18.9. The van der Waals surface area contributed by atoms with E-state index in [1.54, 1.807) is 0 Å². The van der Waals surface area contributed by atoms with Crippen molar-refractivity contribution in [1.82, 2.24) is 0 Å². The van der Waals surface area contributed by atoms with Gasteiger partial charge >= 0.3 is 5.97 Å². The molecule has 0 heterocycles. The molecular formula is C10H9ClNO5-. The first kappa shape index (κ1) is 15.0. The van der Waals surface area contributed by atoms with Gasteiger partial charge in [-0.05, 0) is 5.56 Å². The van der Waals surface area contributed by atoms with Crippen LogP contribution in [0.4, 0.5) is 5.69 Å². The van der Waals surface area contributed by atoms with Crippen LogP contribution in [-0.4, -0.2) is 21.8 Å². The number of nitro benzene ring substituents is 1. The fourth-order valence-corrected chi connectivity index (χ4v) is 1.22. The molecule has 1 N–H and O–H groups in total. The van der Waals surface area contributed by atoms with Gasteiger partial charge in [-0.15, -0.1) is 0 Å². The summed E-state index contributed by atoms with van der Waals surface area (Å²) in [5.74, 6) is -3.25. The van der Waals surface area contributed by atoms with Crippen molar-refractivity contribution in [3.05, 3.63) is 39.9 Å². The Labute approximate surface area is 103 Å². The summed E-state index contributed by atoms with van der Waals surface area (Å²) < 4.78 is 0. The lowest BCUT2D eigenvalue weighted by atomic mass is 9.96. The Kier molecular flexibility index (Phi) is 5.27. The Bertz CT molecular complexity index is 443. The second-order valence-electron chi connectivity index (χ2n) is 3.24. The highest BCUT2D eigenvalue weighted by Crippen LogP contribution is 2.19. The maximum absolute atomic E-state index is 11.1. The van der Waals surface area contributed by atoms with Gasteiger partial charge in [0.2, 0.25) is 5.78 Å². The molecule has 0 saturated heterocycles. The first-order valence-corrected chi connectivity index (χ1v) is 4.45. The SMILES string of the molecule is CC(C(=O)C(=O)O)c1ccc([N+](=O)[O-])cc1.[Cl-]. The number of ketones is 1. The van der Waals surface area contributed by atoms with Gasteiger partial charge in [0.05, 0.1) is 10.8 Å². The number of carboxylic acid groups (broad SMARTS) is 1. The van der Waals surface area contributed by atoms with Crippen LogP contribution in [0.2, 0.25) is 0 Å². The van der Waals surface area contributed by atoms with E-state index in [0.717, 1.165) is 0 Å². The molecule has 1 rings (SSSR count). The first-order chi connectivity index (χ1) is 7.43. The quantitative estimate of drug-likeness (QED) is 0.397. The lowest BCUT2D eigenvalue weighted by molar-refractivity contribution is -0.384. The van der Waals surface area contributed by atoms with Crippen LogP contribution in [0.5, 0.6) is 0 Å². The Hall–Kier alpha value is -1.95. The molecule has 0 aliphatic rings. The topological polar surface area (TPSA) is 97.5 Å². The molecule has 0 amide bonds. The lowest BCUT2D eigenvalue weighted by Gasteiger charge is -2.06. The van der Waals surface area contributed by atoms with E-state index in [1.807, 2.05) is 0 Å². The lowest BCUT2D eigenvalue weighted by Crippen LogP contribution is -3.00. The molecule has 7 heteroatoms. The number of carboxylic acids is 1. The van der Waals surface area contributed by atoms with Gasteiger partial charge in [-0.3, -0.25) is 14.9 Å². The van der Waals surface area contributed by atoms with Crippen molar-refractivity contribution >= 4 is 17.4 Å². The Morgan fingerprint density at radius 3 is 2.12 bits per heavy atom. The molecule has 92 valence electrons. The number of nitrogens with zero attached hydrogens (tertiary/aromatic N) is 1. The number of rotatable bonds is 4. The van der Waals surface area contributed by atoms with Crippen molar-refractivity contribution in [2.24, 2.45) is 0 Å². The molecule has 0 aromatic heterocycles. The van der Waals surface area contributed by atoms with Crippen LogP contribution < -0.4 is 12.4 Å². The van der Waals surface area contributed by atoms with E-state index in [0.29, 0.717) is 5.56 Å². The monoisotopic (exact) mass is 258 g/mol. The molecule has 0 fully saturated rings. The van der Waals surface area contributed by atoms with E-state index < -0.39 is 22.6 Å². The zero-order valence-electron chi connectivity index (χ0n) is 8.79. The smallest absolute Gasteiger partial charge is 0.372 e. The van der Waals surface area contributed by atoms with Gasteiger partial charge in [0.15, 0.2) is 0 Å². The second-order valence-corrected chi connectivity index (χ2v) is 3.24. The first-order valence-electron chi connectivity index (χ1n) is 4.45. The number of nitro groups is 1. The van der Waals surface area contributed by atoms with E-state index in [4.69, 9.17) is 5.11 Å². The van der Waals surface area contributed by atoms with Crippen molar-refractivity contribution in [1.29, 1.82) is 0 Å². The van der Waals surface area contributed by atoms with Crippen LogP contribution in [0, 0.1) is 10.1 Å². The molecule has 1 aromatic rings. The number of carbonyl (C=O) groups excluding carboxylic acids is 1. The summed E-state index contributed by atoms with van der Waals surface area (Å²) in [4.78, 5) is 31.4. The zero-order chi connectivity index (χ0) is 12.3. The second kappa shape index (κ2) is 5.95. The van der Waals surface area contributed by atoms with Crippen LogP contribution in [0.1, 0.15) is 18.4 Å². The summed E-state index contributed by atoms with van der Waals surface area (Å²) in [6, 6.07) is 5.23. The number of Topliss-reactive ketones (excluding diaryl/α,β-unsaturated/α-hetero) is 1. The normalized spacial score (nSPS) is 11.1. The average molecular weight is 259 g/mol. The van der Waals surface area contributed by atoms with Crippen LogP contribution in [-0.2, 0) is 9.59 Å². The van der Waals surface area contributed by atoms with E-state index in [1.165, 1.54) is 31.2 Å². The molecule has 1 unspecified atom stereocenters. The van der Waals surface area contributed by atoms with Gasteiger partial charge in [0.1, 0.15) is 0 Å². The third-order valence-corrected chi connectivity index (χ3v) is 2.21. The molecule has 1 aromatic carbocycles. The largest absolute Gasteiger partial charge is 1.00 e. The minimum absolute atomic E-state index is 0. The predicted octanol–water partition coefficient (Wildman–Crippen LogP) is -1.64. The third-order valence-electron chi connectivity index (χ3n) is 2.21. The highest BCUT2D eigenvalue weighted by Gasteiger charge is 2.22. The standard InChI is InChI=1S/C10H9NO5.ClH/c1-6(9(12)10(13)14)7-2-4-8(5-3-7)11(15)16;/h2-6H,1H3,(H,13,14);1H/p-1. The molecular weight excluding hydrogens is 250 g/mol. The number of aliphatic carboxylic acids is 1. The maximum atomic E-state index is 11.1. The number of hydrogen-bond acceptors (Lipinski definition) is 4. The molecule has 0 radical (unpaired) electrons. The maximum Gasteiger partial charge on any atom is 0.372 e. The summed E-state index contributed by atoms with van der Waals surface area (Å²) in [7, 11) is 0. The highest BCUT2D eigenvalue weighted by atomic mass is 35.5. The molecule has 0 aliphatic heterocycles. The Balaban J connectivity index is 0.00000256. The number of halogens is 1. The van der Waals surface area contributed by atoms with Gasteiger partial charge in [0, 0.05) is 12.1 Å². The van der Waals surface area contributed by atoms with Crippen molar-refractivity contribution in [2.45, 2.75) is 12.8 Å². The van der Waals surface area contributed by atoms with E-state index in [9.17, 15) is 19.7 Å². The Morgan fingerprint density at radius 2 is 1.76 bits per heavy atom. The van der Waals surface area contributed by atoms with Crippen molar-refractivity contribution < 1.29 is 32.0 Å². The highest BCUT2D eigenvalue weighted by molar-refractivity contribution is 6.34. The molecule has 0 bridgehead atoms. The third kappa shape index (κ3) is 3.53. The zero-order valence-corrected chi connectivity index (χ0v) is 9.55. The van der Waals surface area contributed by atoms with Crippen molar-refractivity contribution in [3.8, 4) is 0 Å². The molecule has 0 aliphatic carbocycles. The van der Waals surface area contributed by atoms with E-state index >= 15 is 0 Å². The fraction of sp³-hybridized carbons (Fsp3) is 0.200. The summed E-state index contributed by atoms with van der Waals surface area (Å²) in [6.45, 7) is 1.44. The number of non-ortho nitro benzene ring substituents is 1. The fourth-order valence-electron chi connectivity index (χ4n) is 1.22. The van der Waals surface area contributed by atoms with Crippen LogP contribution in [0.25, 0.3) is 0 Å². The van der Waals surface area contributed by atoms with Crippen LogP contribution >= 0.6 is 0 Å². The number of benzene rings is 1. The van der Waals surface area contributed by atoms with Crippen molar-refractivity contribution in [2.75, 3.05) is 0 Å². The van der Waals surface area contributed by atoms with Crippen LogP contribution in [0.15, 0.2) is 24.3 Å². The summed E-state index contributed by atoms with van der Waals surface area (Å²) >= 11 is 0. The molecule has 1 atom stereocenters. The number of carbonyl (C=O) groups is 2. The predicted molar refractivity (Wildman–Crippen MR) is 54.2 cm³/mol. The summed E-state index contributed by atoms with van der Waals surface area (Å²) in [5.41, 5.74) is 0.344. The van der Waals surface area contributed by atoms with Gasteiger partial charge in [0.25, 0.3) is 5.69 Å². The molecule has 17 heavy (non-hydrogen) atoms. The van der Waals surface area contributed by atoms with Gasteiger partial charge in [-0.25, -0.2) is 4.79 Å². The molecule has 0 saturated carbocycles. The molecule has 0 spiro atoms. The molecule has 6 nitrogen and oxygen atoms in total. The average Bonchev–Trinajstić information content (AvgIpc) is 2.27. The van der Waals surface area contributed by atoms with Gasteiger partial charge < -0.3 is 17.5 Å². The van der Waals surface area contributed by atoms with Crippen LogP contribution in [0.3, 0.4) is 0 Å². The Morgan fingerprint density at radius 1 is 1.29 bits per heavy atom. The van der Waals surface area contributed by atoms with E-state index in [2.05, 4.69) is 0 Å².